The molecular formula is C14H20. The highest BCUT2D eigenvalue weighted by Crippen LogP contribution is 2.24. The summed E-state index contributed by atoms with van der Waals surface area (Å²) in [5.41, 5.74) is 6.28. The number of rotatable bonds is 0. The molecule has 0 N–H and O–H groups in total. The molecule has 0 spiro atoms. The largest absolute Gasteiger partial charge is 0.0588 e. The summed E-state index contributed by atoms with van der Waals surface area (Å²) in [7, 11) is 0. The van der Waals surface area contributed by atoms with E-state index in [9.17, 15) is 0 Å². The molecule has 0 fully saturated rings. The van der Waals surface area contributed by atoms with E-state index >= 15 is 0 Å². The summed E-state index contributed by atoms with van der Waals surface area (Å²) in [6.45, 7) is 4.52. The third-order valence-electron chi connectivity index (χ3n) is 3.59. The van der Waals surface area contributed by atoms with Crippen LogP contribution in [0.3, 0.4) is 0 Å². The number of hydrogen-bond donors (Lipinski definition) is 0. The molecule has 0 bridgehead atoms. The average molecular weight is 188 g/mol. The van der Waals surface area contributed by atoms with Crippen LogP contribution in [-0.2, 0) is 12.8 Å². The SMILES string of the molecule is Cc1ccc2c(c1C)CCCCCC2. The number of benzene rings is 1. The third kappa shape index (κ3) is 1.84. The lowest BCUT2D eigenvalue weighted by atomic mass is 9.88. The van der Waals surface area contributed by atoms with Crippen molar-refractivity contribution in [3.05, 3.63) is 34.4 Å². The monoisotopic (exact) mass is 188 g/mol. The van der Waals surface area contributed by atoms with Crippen LogP contribution >= 0.6 is 0 Å². The fourth-order valence-electron chi connectivity index (χ4n) is 2.48. The second-order valence-electron chi connectivity index (χ2n) is 4.56. The normalized spacial score (nSPS) is 17.0. The Morgan fingerprint density at radius 2 is 1.57 bits per heavy atom. The molecule has 2 rings (SSSR count). The maximum atomic E-state index is 2.35. The average Bonchev–Trinajstić information content (AvgIpc) is 2.13. The van der Waals surface area contributed by atoms with Gasteiger partial charge in [0.25, 0.3) is 0 Å². The predicted octanol–water partition coefficient (Wildman–Crippen LogP) is 3.96. The van der Waals surface area contributed by atoms with Crippen molar-refractivity contribution in [2.45, 2.75) is 52.4 Å². The molecule has 0 heterocycles. The summed E-state index contributed by atoms with van der Waals surface area (Å²) < 4.78 is 0. The van der Waals surface area contributed by atoms with Gasteiger partial charge in [0.2, 0.25) is 0 Å². The Hall–Kier alpha value is -0.780. The quantitative estimate of drug-likeness (QED) is 0.578. The first-order chi connectivity index (χ1) is 6.79. The first-order valence-corrected chi connectivity index (χ1v) is 5.87. The van der Waals surface area contributed by atoms with Crippen LogP contribution in [0.15, 0.2) is 12.1 Å². The Labute approximate surface area is 87.3 Å². The zero-order valence-electron chi connectivity index (χ0n) is 9.40. The van der Waals surface area contributed by atoms with Gasteiger partial charge in [-0.3, -0.25) is 0 Å². The Balaban J connectivity index is 2.39. The van der Waals surface area contributed by atoms with E-state index in [-0.39, 0.29) is 0 Å². The summed E-state index contributed by atoms with van der Waals surface area (Å²) in [6, 6.07) is 4.64. The van der Waals surface area contributed by atoms with Gasteiger partial charge < -0.3 is 0 Å². The lowest BCUT2D eigenvalue weighted by Gasteiger charge is -2.17. The molecule has 1 aliphatic carbocycles. The molecule has 0 amide bonds. The molecule has 0 heteroatoms. The van der Waals surface area contributed by atoms with Crippen LogP contribution < -0.4 is 0 Å². The van der Waals surface area contributed by atoms with Crippen LogP contribution in [0.4, 0.5) is 0 Å². The van der Waals surface area contributed by atoms with Crippen molar-refractivity contribution >= 4 is 0 Å². The van der Waals surface area contributed by atoms with Gasteiger partial charge in [0.15, 0.2) is 0 Å². The second kappa shape index (κ2) is 4.16. The third-order valence-corrected chi connectivity index (χ3v) is 3.59. The van der Waals surface area contributed by atoms with Gasteiger partial charge in [0, 0.05) is 0 Å². The summed E-state index contributed by atoms with van der Waals surface area (Å²) in [5.74, 6) is 0. The Morgan fingerprint density at radius 3 is 2.36 bits per heavy atom. The molecule has 0 saturated carbocycles. The summed E-state index contributed by atoms with van der Waals surface area (Å²) >= 11 is 0. The van der Waals surface area contributed by atoms with E-state index in [1.807, 2.05) is 0 Å². The molecule has 0 nitrogen and oxygen atoms in total. The minimum atomic E-state index is 1.30. The summed E-state index contributed by atoms with van der Waals surface area (Å²) in [4.78, 5) is 0. The summed E-state index contributed by atoms with van der Waals surface area (Å²) in [6.07, 6.45) is 8.23. The smallest absolute Gasteiger partial charge is 0.0273 e. The van der Waals surface area contributed by atoms with Crippen molar-refractivity contribution in [2.75, 3.05) is 0 Å². The van der Waals surface area contributed by atoms with Gasteiger partial charge in [0.05, 0.1) is 0 Å². The van der Waals surface area contributed by atoms with E-state index in [1.54, 1.807) is 16.7 Å². The van der Waals surface area contributed by atoms with Gasteiger partial charge in [0.1, 0.15) is 0 Å². The Morgan fingerprint density at radius 1 is 0.857 bits per heavy atom. The standard InChI is InChI=1S/C14H20/c1-11-9-10-13-7-5-3-4-6-8-14(13)12(11)2/h9-10H,3-8H2,1-2H3. The number of aryl methyl sites for hydroxylation is 2. The first kappa shape index (κ1) is 9.76. The van der Waals surface area contributed by atoms with Gasteiger partial charge >= 0.3 is 0 Å². The Kier molecular flexibility index (Phi) is 2.90. The molecule has 0 radical (unpaired) electrons. The fraction of sp³-hybridized carbons (Fsp3) is 0.571. The zero-order valence-corrected chi connectivity index (χ0v) is 9.40. The molecule has 14 heavy (non-hydrogen) atoms. The zero-order chi connectivity index (χ0) is 9.97. The van der Waals surface area contributed by atoms with Crippen molar-refractivity contribution < 1.29 is 0 Å². The maximum Gasteiger partial charge on any atom is -0.0273 e. The molecule has 0 atom stereocenters. The van der Waals surface area contributed by atoms with Crippen LogP contribution in [0, 0.1) is 13.8 Å². The van der Waals surface area contributed by atoms with Crippen LogP contribution in [0.1, 0.15) is 47.9 Å². The van der Waals surface area contributed by atoms with Gasteiger partial charge in [-0.05, 0) is 61.8 Å². The van der Waals surface area contributed by atoms with Crippen molar-refractivity contribution in [3.8, 4) is 0 Å². The molecule has 0 saturated heterocycles. The fourth-order valence-corrected chi connectivity index (χ4v) is 2.48. The van der Waals surface area contributed by atoms with E-state index in [2.05, 4.69) is 26.0 Å². The lowest BCUT2D eigenvalue weighted by Crippen LogP contribution is -2.03. The van der Waals surface area contributed by atoms with E-state index < -0.39 is 0 Å². The minimum absolute atomic E-state index is 1.30. The van der Waals surface area contributed by atoms with Crippen LogP contribution in [0.25, 0.3) is 0 Å². The van der Waals surface area contributed by atoms with E-state index in [0.717, 1.165) is 0 Å². The highest BCUT2D eigenvalue weighted by atomic mass is 14.1. The predicted molar refractivity (Wildman–Crippen MR) is 61.8 cm³/mol. The highest BCUT2D eigenvalue weighted by Gasteiger charge is 2.09. The molecule has 0 aromatic heterocycles. The van der Waals surface area contributed by atoms with E-state index in [4.69, 9.17) is 0 Å². The van der Waals surface area contributed by atoms with E-state index in [1.165, 1.54) is 44.1 Å². The molecule has 1 aromatic rings. The summed E-state index contributed by atoms with van der Waals surface area (Å²) in [5, 5.41) is 0. The second-order valence-corrected chi connectivity index (χ2v) is 4.56. The van der Waals surface area contributed by atoms with Crippen LogP contribution in [-0.4, -0.2) is 0 Å². The first-order valence-electron chi connectivity index (χ1n) is 5.87. The Bertz CT molecular complexity index is 323. The molecule has 1 aliphatic rings. The molecule has 0 unspecified atom stereocenters. The molecular weight excluding hydrogens is 168 g/mol. The van der Waals surface area contributed by atoms with Crippen LogP contribution in [0.2, 0.25) is 0 Å². The van der Waals surface area contributed by atoms with Gasteiger partial charge in [-0.1, -0.05) is 25.0 Å². The van der Waals surface area contributed by atoms with Gasteiger partial charge in [-0.15, -0.1) is 0 Å². The van der Waals surface area contributed by atoms with Gasteiger partial charge in [-0.2, -0.15) is 0 Å². The lowest BCUT2D eigenvalue weighted by molar-refractivity contribution is 0.615. The van der Waals surface area contributed by atoms with Crippen molar-refractivity contribution in [1.82, 2.24) is 0 Å². The van der Waals surface area contributed by atoms with Gasteiger partial charge in [-0.25, -0.2) is 0 Å². The topological polar surface area (TPSA) is 0 Å². The van der Waals surface area contributed by atoms with Crippen molar-refractivity contribution in [3.63, 3.8) is 0 Å². The molecule has 76 valence electrons. The highest BCUT2D eigenvalue weighted by molar-refractivity contribution is 5.40. The molecule has 0 aliphatic heterocycles. The number of fused-ring (bicyclic) bond motifs is 1. The maximum absolute atomic E-state index is 2.35. The van der Waals surface area contributed by atoms with Crippen molar-refractivity contribution in [2.24, 2.45) is 0 Å². The van der Waals surface area contributed by atoms with Crippen molar-refractivity contribution in [1.29, 1.82) is 0 Å². The van der Waals surface area contributed by atoms with E-state index in [0.29, 0.717) is 0 Å². The number of hydrogen-bond acceptors (Lipinski definition) is 0. The van der Waals surface area contributed by atoms with Crippen LogP contribution in [0.5, 0.6) is 0 Å². The minimum Gasteiger partial charge on any atom is -0.0588 e. The molecule has 1 aromatic carbocycles.